The summed E-state index contributed by atoms with van der Waals surface area (Å²) in [4.78, 5) is 42.4. The van der Waals surface area contributed by atoms with E-state index < -0.39 is 36.6 Å². The van der Waals surface area contributed by atoms with Gasteiger partial charge in [0.1, 0.15) is 0 Å². The van der Waals surface area contributed by atoms with Crippen LogP contribution in [0.3, 0.4) is 0 Å². The number of alkyl halides is 3. The van der Waals surface area contributed by atoms with Crippen molar-refractivity contribution in [3.8, 4) is 0 Å². The van der Waals surface area contributed by atoms with E-state index in [2.05, 4.69) is 15.0 Å². The van der Waals surface area contributed by atoms with E-state index in [0.29, 0.717) is 23.4 Å². The summed E-state index contributed by atoms with van der Waals surface area (Å²) in [6.07, 6.45) is -0.647. The molecule has 3 unspecified atom stereocenters. The average Bonchev–Trinajstić information content (AvgIpc) is 2.79. The second-order valence-corrected chi connectivity index (χ2v) is 8.30. The van der Waals surface area contributed by atoms with Gasteiger partial charge in [-0.05, 0) is 49.4 Å². The van der Waals surface area contributed by atoms with Gasteiger partial charge in [0.05, 0.1) is 17.3 Å². The third-order valence-electron chi connectivity index (χ3n) is 5.84. The molecule has 3 rings (SSSR count). The van der Waals surface area contributed by atoms with Crippen molar-refractivity contribution in [1.29, 1.82) is 0 Å². The van der Waals surface area contributed by atoms with Gasteiger partial charge in [-0.25, -0.2) is 4.79 Å². The fraction of sp³-hybridized carbons (Fsp3) is 0.391. The van der Waals surface area contributed by atoms with E-state index >= 15 is 0 Å². The van der Waals surface area contributed by atoms with Crippen LogP contribution in [0.15, 0.2) is 42.7 Å². The third kappa shape index (κ3) is 6.03. The lowest BCUT2D eigenvalue weighted by Crippen LogP contribution is -2.51. The first-order chi connectivity index (χ1) is 16.0. The van der Waals surface area contributed by atoms with Gasteiger partial charge in [-0.3, -0.25) is 14.6 Å². The molecule has 2 aromatic rings. The molecule has 1 aliphatic heterocycles. The predicted molar refractivity (Wildman–Crippen MR) is 118 cm³/mol. The molecule has 2 heterocycles. The molecular formula is C23H25F3N4O4. The minimum atomic E-state index is -4.72. The Labute approximate surface area is 194 Å². The maximum Gasteiger partial charge on any atom is 0.422 e. The van der Waals surface area contributed by atoms with Crippen molar-refractivity contribution in [1.82, 2.24) is 9.88 Å². The van der Waals surface area contributed by atoms with Crippen molar-refractivity contribution in [2.24, 2.45) is 5.92 Å². The number of nitrogens with zero attached hydrogens (tertiary/aromatic N) is 2. The minimum absolute atomic E-state index is 0.0427. The topological polar surface area (TPSA) is 115 Å². The molecule has 0 saturated carbocycles. The van der Waals surface area contributed by atoms with Crippen molar-refractivity contribution in [3.05, 3.63) is 53.9 Å². The Morgan fingerprint density at radius 3 is 2.44 bits per heavy atom. The monoisotopic (exact) mass is 478 g/mol. The van der Waals surface area contributed by atoms with E-state index in [9.17, 15) is 27.6 Å². The summed E-state index contributed by atoms with van der Waals surface area (Å²) in [5.41, 5.74) is 7.45. The molecule has 11 heteroatoms. The molecule has 1 fully saturated rings. The van der Waals surface area contributed by atoms with Gasteiger partial charge in [0.2, 0.25) is 0 Å². The quantitative estimate of drug-likeness (QED) is 0.512. The Kier molecular flexibility index (Phi) is 7.43. The van der Waals surface area contributed by atoms with Gasteiger partial charge in [-0.15, -0.1) is 0 Å². The Morgan fingerprint density at radius 2 is 1.82 bits per heavy atom. The zero-order valence-corrected chi connectivity index (χ0v) is 18.6. The molecule has 2 amide bonds. The first kappa shape index (κ1) is 25.0. The number of piperidine rings is 1. The summed E-state index contributed by atoms with van der Waals surface area (Å²) in [6, 6.07) is 7.24. The Hall–Kier alpha value is -3.63. The molecule has 0 radical (unpaired) electrons. The number of amides is 2. The van der Waals surface area contributed by atoms with Crippen LogP contribution in [0.2, 0.25) is 0 Å². The number of benzene rings is 1. The fourth-order valence-electron chi connectivity index (χ4n) is 3.90. The lowest BCUT2D eigenvalue weighted by Gasteiger charge is -2.43. The Balaban J connectivity index is 1.76. The van der Waals surface area contributed by atoms with Crippen LogP contribution in [0.4, 0.5) is 24.5 Å². The molecular weight excluding hydrogens is 453 g/mol. The van der Waals surface area contributed by atoms with Crippen molar-refractivity contribution in [3.63, 3.8) is 0 Å². The first-order valence-corrected chi connectivity index (χ1v) is 10.6. The van der Waals surface area contributed by atoms with Crippen LogP contribution in [-0.2, 0) is 14.3 Å². The van der Waals surface area contributed by atoms with E-state index in [1.54, 1.807) is 31.2 Å². The van der Waals surface area contributed by atoms with Crippen molar-refractivity contribution < 1.29 is 32.3 Å². The van der Waals surface area contributed by atoms with Gasteiger partial charge in [0.15, 0.2) is 6.61 Å². The van der Waals surface area contributed by atoms with Gasteiger partial charge in [0, 0.05) is 24.1 Å². The van der Waals surface area contributed by atoms with Gasteiger partial charge < -0.3 is 20.7 Å². The van der Waals surface area contributed by atoms with Crippen LogP contribution >= 0.6 is 0 Å². The van der Waals surface area contributed by atoms with E-state index in [0.717, 1.165) is 6.42 Å². The number of hydrogen-bond acceptors (Lipinski definition) is 6. The van der Waals surface area contributed by atoms with Gasteiger partial charge in [-0.2, -0.15) is 13.2 Å². The Morgan fingerprint density at radius 1 is 1.15 bits per heavy atom. The summed E-state index contributed by atoms with van der Waals surface area (Å²) >= 11 is 0. The number of aromatic nitrogens is 1. The van der Waals surface area contributed by atoms with Crippen LogP contribution in [-0.4, -0.2) is 46.5 Å². The minimum Gasteiger partial charge on any atom is -0.449 e. The number of carbonyl (C=O) groups excluding carboxylic acids is 3. The second kappa shape index (κ2) is 10.1. The zero-order chi connectivity index (χ0) is 25.0. The molecule has 182 valence electrons. The number of anilines is 2. The second-order valence-electron chi connectivity index (χ2n) is 8.30. The van der Waals surface area contributed by atoms with Crippen LogP contribution in [0.1, 0.15) is 48.7 Å². The number of nitrogen functional groups attached to an aromatic ring is 1. The van der Waals surface area contributed by atoms with E-state index in [1.807, 2.05) is 6.92 Å². The fourth-order valence-corrected chi connectivity index (χ4v) is 3.90. The third-order valence-corrected chi connectivity index (χ3v) is 5.84. The highest BCUT2D eigenvalue weighted by Gasteiger charge is 2.41. The predicted octanol–water partition coefficient (Wildman–Crippen LogP) is 3.71. The van der Waals surface area contributed by atoms with Crippen molar-refractivity contribution in [2.75, 3.05) is 17.7 Å². The van der Waals surface area contributed by atoms with Crippen molar-refractivity contribution >= 4 is 29.2 Å². The molecule has 1 aromatic carbocycles. The number of likely N-dealkylation sites (tertiary alicyclic amines) is 1. The number of hydrogen-bond donors (Lipinski definition) is 2. The molecule has 1 saturated heterocycles. The van der Waals surface area contributed by atoms with Gasteiger partial charge in [-0.1, -0.05) is 19.1 Å². The molecule has 0 spiro atoms. The standard InChI is InChI=1S/C23H25F3N4O4/c1-13-3-8-19(30(14(13)2)21(32)22(33)34-12-23(24,25)26)15-4-6-18(7-5-15)29-20(31)16-9-17(27)11-28-10-16/h4-7,9-11,13-14,19H,3,8,12,27H2,1-2H3,(H,29,31). The number of carbonyl (C=O) groups is 3. The van der Waals surface area contributed by atoms with E-state index in [1.165, 1.54) is 23.4 Å². The molecule has 0 aliphatic carbocycles. The number of nitrogens with two attached hydrogens (primary N) is 1. The summed E-state index contributed by atoms with van der Waals surface area (Å²) in [5.74, 6) is -3.01. The smallest absolute Gasteiger partial charge is 0.422 e. The molecule has 3 atom stereocenters. The highest BCUT2D eigenvalue weighted by atomic mass is 19.4. The van der Waals surface area contributed by atoms with Crippen molar-refractivity contribution in [2.45, 2.75) is 44.9 Å². The lowest BCUT2D eigenvalue weighted by molar-refractivity contribution is -0.191. The van der Waals surface area contributed by atoms with Crippen LogP contribution < -0.4 is 11.1 Å². The maximum absolute atomic E-state index is 12.8. The average molecular weight is 478 g/mol. The number of ether oxygens (including phenoxy) is 1. The van der Waals surface area contributed by atoms with Crippen LogP contribution in [0, 0.1) is 5.92 Å². The summed E-state index contributed by atoms with van der Waals surface area (Å²) < 4.78 is 41.4. The highest BCUT2D eigenvalue weighted by molar-refractivity contribution is 6.32. The normalized spacial score (nSPS) is 20.5. The molecule has 0 bridgehead atoms. The largest absolute Gasteiger partial charge is 0.449 e. The molecule has 3 N–H and O–H groups in total. The number of esters is 1. The zero-order valence-electron chi connectivity index (χ0n) is 18.6. The summed E-state index contributed by atoms with van der Waals surface area (Å²) in [6.45, 7) is 1.84. The number of rotatable bonds is 4. The molecule has 1 aromatic heterocycles. The maximum atomic E-state index is 12.8. The van der Waals surface area contributed by atoms with E-state index in [4.69, 9.17) is 5.73 Å². The SMILES string of the molecule is CC1CCC(c2ccc(NC(=O)c3cncc(N)c3)cc2)N(C(=O)C(=O)OCC(F)(F)F)C1C. The molecule has 8 nitrogen and oxygen atoms in total. The first-order valence-electron chi connectivity index (χ1n) is 10.6. The number of pyridine rings is 1. The Bertz CT molecular complexity index is 1060. The van der Waals surface area contributed by atoms with E-state index in [-0.39, 0.29) is 17.5 Å². The number of nitrogens with one attached hydrogen (secondary N) is 1. The van der Waals surface area contributed by atoms with Crippen LogP contribution in [0.25, 0.3) is 0 Å². The molecule has 1 aliphatic rings. The van der Waals surface area contributed by atoms with Gasteiger partial charge >= 0.3 is 18.1 Å². The highest BCUT2D eigenvalue weighted by Crippen LogP contribution is 2.38. The lowest BCUT2D eigenvalue weighted by atomic mass is 9.84. The summed E-state index contributed by atoms with van der Waals surface area (Å²) in [7, 11) is 0. The molecule has 34 heavy (non-hydrogen) atoms. The number of halogens is 3. The summed E-state index contributed by atoms with van der Waals surface area (Å²) in [5, 5.41) is 2.72. The van der Waals surface area contributed by atoms with Gasteiger partial charge in [0.25, 0.3) is 5.91 Å². The van der Waals surface area contributed by atoms with Crippen LogP contribution in [0.5, 0.6) is 0 Å².